The average molecular weight is 278 g/mol. The van der Waals surface area contributed by atoms with Crippen molar-refractivity contribution >= 4 is 0 Å². The topological polar surface area (TPSA) is 15.3 Å². The van der Waals surface area contributed by atoms with Crippen LogP contribution in [0.4, 0.5) is 4.39 Å². The molecule has 0 bridgehead atoms. The van der Waals surface area contributed by atoms with Crippen LogP contribution in [0.2, 0.25) is 0 Å². The van der Waals surface area contributed by atoms with Gasteiger partial charge in [0, 0.05) is 24.2 Å². The fourth-order valence-electron chi connectivity index (χ4n) is 3.36. The molecule has 2 rings (SSSR count). The van der Waals surface area contributed by atoms with E-state index in [1.54, 1.807) is 12.1 Å². The van der Waals surface area contributed by atoms with Gasteiger partial charge < -0.3 is 5.32 Å². The molecule has 0 heterocycles. The lowest BCUT2D eigenvalue weighted by atomic mass is 9.72. The quantitative estimate of drug-likeness (QED) is 0.908. The van der Waals surface area contributed by atoms with Crippen LogP contribution in [0.1, 0.15) is 38.7 Å². The van der Waals surface area contributed by atoms with E-state index in [0.29, 0.717) is 24.0 Å². The predicted molar refractivity (Wildman–Crippen MR) is 82.1 cm³/mol. The fraction of sp³-hybridized carbons (Fsp3) is 0.647. The van der Waals surface area contributed by atoms with Crippen molar-refractivity contribution in [2.24, 2.45) is 5.41 Å². The van der Waals surface area contributed by atoms with E-state index >= 15 is 0 Å². The number of rotatable bonds is 4. The number of hydrogen-bond acceptors (Lipinski definition) is 2. The van der Waals surface area contributed by atoms with Gasteiger partial charge in [-0.1, -0.05) is 32.0 Å². The van der Waals surface area contributed by atoms with Gasteiger partial charge in [-0.2, -0.15) is 0 Å². The molecule has 0 aliphatic heterocycles. The Morgan fingerprint density at radius 3 is 2.70 bits per heavy atom. The highest BCUT2D eigenvalue weighted by Gasteiger charge is 2.36. The van der Waals surface area contributed by atoms with Crippen LogP contribution in [0.5, 0.6) is 0 Å². The molecule has 2 unspecified atom stereocenters. The molecule has 0 spiro atoms. The zero-order valence-corrected chi connectivity index (χ0v) is 13.1. The van der Waals surface area contributed by atoms with Gasteiger partial charge in [0.05, 0.1) is 0 Å². The molecular formula is C17H27FN2. The van der Waals surface area contributed by atoms with Gasteiger partial charge in [-0.15, -0.1) is 0 Å². The lowest BCUT2D eigenvalue weighted by molar-refractivity contribution is 0.0798. The summed E-state index contributed by atoms with van der Waals surface area (Å²) in [7, 11) is 4.15. The number of likely N-dealkylation sites (N-methyl/N-ethyl adjacent to an activating group) is 2. The van der Waals surface area contributed by atoms with Gasteiger partial charge in [-0.25, -0.2) is 4.39 Å². The summed E-state index contributed by atoms with van der Waals surface area (Å²) in [5.41, 5.74) is 1.16. The summed E-state index contributed by atoms with van der Waals surface area (Å²) in [6, 6.07) is 8.05. The Morgan fingerprint density at radius 1 is 1.35 bits per heavy atom. The third kappa shape index (κ3) is 3.58. The van der Waals surface area contributed by atoms with E-state index in [2.05, 4.69) is 31.1 Å². The summed E-state index contributed by atoms with van der Waals surface area (Å²) in [6.07, 6.45) is 3.60. The van der Waals surface area contributed by atoms with Crippen LogP contribution in [-0.4, -0.2) is 31.1 Å². The molecular weight excluding hydrogens is 251 g/mol. The fourth-order valence-corrected chi connectivity index (χ4v) is 3.36. The normalized spacial score (nSPS) is 25.9. The minimum atomic E-state index is -0.101. The van der Waals surface area contributed by atoms with Crippen molar-refractivity contribution in [1.29, 1.82) is 0 Å². The lowest BCUT2D eigenvalue weighted by Gasteiger charge is -2.44. The molecule has 0 amide bonds. The molecule has 2 atom stereocenters. The Hall–Kier alpha value is -0.930. The molecule has 20 heavy (non-hydrogen) atoms. The summed E-state index contributed by atoms with van der Waals surface area (Å²) < 4.78 is 13.8. The maximum absolute atomic E-state index is 13.8. The minimum Gasteiger partial charge on any atom is -0.315 e. The maximum Gasteiger partial charge on any atom is 0.127 e. The van der Waals surface area contributed by atoms with Gasteiger partial charge in [0.15, 0.2) is 0 Å². The molecule has 1 aliphatic carbocycles. The van der Waals surface area contributed by atoms with Gasteiger partial charge in [0.2, 0.25) is 0 Å². The van der Waals surface area contributed by atoms with Crippen molar-refractivity contribution in [1.82, 2.24) is 10.2 Å². The molecule has 1 N–H and O–H groups in total. The van der Waals surface area contributed by atoms with Crippen molar-refractivity contribution in [2.75, 3.05) is 14.1 Å². The van der Waals surface area contributed by atoms with Gasteiger partial charge in [-0.3, -0.25) is 4.90 Å². The summed E-state index contributed by atoms with van der Waals surface area (Å²) in [5.74, 6) is -0.101. The van der Waals surface area contributed by atoms with Gasteiger partial charge >= 0.3 is 0 Å². The summed E-state index contributed by atoms with van der Waals surface area (Å²) >= 11 is 0. The van der Waals surface area contributed by atoms with Crippen LogP contribution in [0.15, 0.2) is 24.3 Å². The highest BCUT2D eigenvalue weighted by molar-refractivity contribution is 5.17. The smallest absolute Gasteiger partial charge is 0.127 e. The van der Waals surface area contributed by atoms with Crippen LogP contribution < -0.4 is 5.32 Å². The van der Waals surface area contributed by atoms with Gasteiger partial charge in [-0.05, 0) is 44.8 Å². The van der Waals surface area contributed by atoms with E-state index in [9.17, 15) is 4.39 Å². The molecule has 0 saturated heterocycles. The highest BCUT2D eigenvalue weighted by Crippen LogP contribution is 2.37. The second-order valence-electron chi connectivity index (χ2n) is 6.88. The van der Waals surface area contributed by atoms with Gasteiger partial charge in [0.25, 0.3) is 0 Å². The van der Waals surface area contributed by atoms with Crippen LogP contribution in [-0.2, 0) is 6.54 Å². The molecule has 1 aromatic carbocycles. The third-order valence-electron chi connectivity index (χ3n) is 4.67. The monoisotopic (exact) mass is 278 g/mol. The molecule has 3 heteroatoms. The Morgan fingerprint density at radius 2 is 2.05 bits per heavy atom. The first-order chi connectivity index (χ1) is 9.43. The molecule has 0 radical (unpaired) electrons. The van der Waals surface area contributed by atoms with E-state index in [4.69, 9.17) is 0 Å². The average Bonchev–Trinajstić information content (AvgIpc) is 2.40. The Labute approximate surface area is 122 Å². The predicted octanol–water partition coefficient (Wildman–Crippen LogP) is 3.42. The Bertz CT molecular complexity index is 444. The molecule has 1 aliphatic rings. The van der Waals surface area contributed by atoms with E-state index in [0.717, 1.165) is 12.0 Å². The van der Waals surface area contributed by atoms with Crippen molar-refractivity contribution in [3.63, 3.8) is 0 Å². The second kappa shape index (κ2) is 6.23. The number of hydrogen-bond donors (Lipinski definition) is 1. The molecule has 0 aromatic heterocycles. The van der Waals surface area contributed by atoms with E-state index in [1.165, 1.54) is 12.8 Å². The van der Waals surface area contributed by atoms with E-state index < -0.39 is 0 Å². The number of nitrogens with zero attached hydrogens (tertiary/aromatic N) is 1. The first-order valence-electron chi connectivity index (χ1n) is 7.54. The third-order valence-corrected chi connectivity index (χ3v) is 4.67. The number of nitrogens with one attached hydrogen (secondary N) is 1. The number of benzene rings is 1. The molecule has 1 fully saturated rings. The zero-order valence-electron chi connectivity index (χ0n) is 13.1. The standard InChI is InChI=1S/C17H27FN2/c1-17(2)10-9-15(19-3)16(11-17)20(4)12-13-7-5-6-8-14(13)18/h5-8,15-16,19H,9-12H2,1-4H3. The van der Waals surface area contributed by atoms with Crippen LogP contribution >= 0.6 is 0 Å². The van der Waals surface area contributed by atoms with E-state index in [1.807, 2.05) is 19.2 Å². The molecule has 2 nitrogen and oxygen atoms in total. The Balaban J connectivity index is 2.09. The first kappa shape index (κ1) is 15.5. The van der Waals surface area contributed by atoms with Crippen LogP contribution in [0, 0.1) is 11.2 Å². The lowest BCUT2D eigenvalue weighted by Crippen LogP contribution is -2.52. The largest absolute Gasteiger partial charge is 0.315 e. The summed E-state index contributed by atoms with van der Waals surface area (Å²) in [6.45, 7) is 5.34. The van der Waals surface area contributed by atoms with Crippen LogP contribution in [0.3, 0.4) is 0 Å². The number of halogens is 1. The zero-order chi connectivity index (χ0) is 14.8. The first-order valence-corrected chi connectivity index (χ1v) is 7.54. The summed E-state index contributed by atoms with van der Waals surface area (Å²) in [5, 5.41) is 3.44. The van der Waals surface area contributed by atoms with Crippen molar-refractivity contribution in [3.8, 4) is 0 Å². The maximum atomic E-state index is 13.8. The molecule has 1 saturated carbocycles. The summed E-state index contributed by atoms with van der Waals surface area (Å²) in [4.78, 5) is 2.31. The van der Waals surface area contributed by atoms with Crippen molar-refractivity contribution in [3.05, 3.63) is 35.6 Å². The second-order valence-corrected chi connectivity index (χ2v) is 6.88. The Kier molecular flexibility index (Phi) is 4.82. The van der Waals surface area contributed by atoms with Crippen molar-refractivity contribution in [2.45, 2.75) is 51.7 Å². The van der Waals surface area contributed by atoms with E-state index in [-0.39, 0.29) is 5.82 Å². The minimum absolute atomic E-state index is 0.101. The molecule has 112 valence electrons. The van der Waals surface area contributed by atoms with Crippen molar-refractivity contribution < 1.29 is 4.39 Å². The SMILES string of the molecule is CNC1CCC(C)(C)CC1N(C)Cc1ccccc1F. The van der Waals surface area contributed by atoms with Gasteiger partial charge in [0.1, 0.15) is 5.82 Å². The van der Waals surface area contributed by atoms with Crippen LogP contribution in [0.25, 0.3) is 0 Å². The molecule has 1 aromatic rings. The highest BCUT2D eigenvalue weighted by atomic mass is 19.1.